The van der Waals surface area contributed by atoms with Crippen LogP contribution in [0, 0.1) is 5.92 Å². The second kappa shape index (κ2) is 7.61. The molecule has 1 heterocycles. The molecule has 1 aliphatic carbocycles. The highest BCUT2D eigenvalue weighted by atomic mass is 16.5. The summed E-state index contributed by atoms with van der Waals surface area (Å²) in [7, 11) is 1.78. The molecule has 1 N–H and O–H groups in total. The average Bonchev–Trinajstić information content (AvgIpc) is 2.45. The third kappa shape index (κ3) is 3.93. The minimum atomic E-state index is -0.0611. The van der Waals surface area contributed by atoms with Crippen molar-refractivity contribution in [2.24, 2.45) is 5.92 Å². The maximum Gasteiger partial charge on any atom is 0.0583 e. The summed E-state index contributed by atoms with van der Waals surface area (Å²) in [5, 5.41) is 10.3. The lowest BCUT2D eigenvalue weighted by atomic mass is 9.77. The van der Waals surface area contributed by atoms with Gasteiger partial charge in [-0.15, -0.1) is 0 Å². The number of aliphatic hydroxyl groups is 1. The zero-order valence-corrected chi connectivity index (χ0v) is 12.7. The number of rotatable bonds is 5. The monoisotopic (exact) mass is 269 g/mol. The van der Waals surface area contributed by atoms with E-state index < -0.39 is 0 Å². The number of methoxy groups -OCH3 is 1. The first-order valence-electron chi connectivity index (χ1n) is 8.16. The first-order chi connectivity index (χ1) is 9.24. The van der Waals surface area contributed by atoms with E-state index >= 15 is 0 Å². The van der Waals surface area contributed by atoms with Gasteiger partial charge < -0.3 is 9.84 Å². The Hall–Kier alpha value is -0.120. The van der Waals surface area contributed by atoms with Crippen LogP contribution >= 0.6 is 0 Å². The molecule has 0 aromatic carbocycles. The zero-order valence-electron chi connectivity index (χ0n) is 12.7. The third-order valence-corrected chi connectivity index (χ3v) is 5.17. The molecule has 2 fully saturated rings. The van der Waals surface area contributed by atoms with Crippen molar-refractivity contribution in [2.75, 3.05) is 20.3 Å². The van der Waals surface area contributed by atoms with E-state index in [4.69, 9.17) is 4.74 Å². The molecule has 1 aliphatic heterocycles. The first kappa shape index (κ1) is 15.3. The van der Waals surface area contributed by atoms with Gasteiger partial charge in [0.1, 0.15) is 0 Å². The molecular weight excluding hydrogens is 238 g/mol. The molecule has 0 spiro atoms. The summed E-state index contributed by atoms with van der Waals surface area (Å²) in [6.45, 7) is 4.38. The average molecular weight is 269 g/mol. The highest BCUT2D eigenvalue weighted by Crippen LogP contribution is 2.35. The third-order valence-electron chi connectivity index (χ3n) is 5.17. The smallest absolute Gasteiger partial charge is 0.0583 e. The Kier molecular flexibility index (Phi) is 6.11. The predicted molar refractivity (Wildman–Crippen MR) is 78.3 cm³/mol. The van der Waals surface area contributed by atoms with Crippen LogP contribution in [0.25, 0.3) is 0 Å². The minimum Gasteiger partial charge on any atom is -0.393 e. The van der Waals surface area contributed by atoms with Gasteiger partial charge in [-0.2, -0.15) is 0 Å². The fourth-order valence-electron chi connectivity index (χ4n) is 4.03. The van der Waals surface area contributed by atoms with E-state index in [1.54, 1.807) is 7.11 Å². The summed E-state index contributed by atoms with van der Waals surface area (Å²) in [4.78, 5) is 2.67. The van der Waals surface area contributed by atoms with E-state index in [1.807, 2.05) is 0 Å². The molecule has 2 aliphatic rings. The SMILES string of the molecule is COCCC(C)N1CCCCC1C1CCCCC1O. The van der Waals surface area contributed by atoms with E-state index in [0.717, 1.165) is 19.4 Å². The lowest BCUT2D eigenvalue weighted by Crippen LogP contribution is -2.52. The lowest BCUT2D eigenvalue weighted by molar-refractivity contribution is -0.0235. The largest absolute Gasteiger partial charge is 0.393 e. The van der Waals surface area contributed by atoms with Crippen molar-refractivity contribution in [3.05, 3.63) is 0 Å². The highest BCUT2D eigenvalue weighted by Gasteiger charge is 2.36. The molecule has 4 atom stereocenters. The van der Waals surface area contributed by atoms with E-state index in [0.29, 0.717) is 18.0 Å². The standard InChI is InChI=1S/C16H31NO2/c1-13(10-12-19-2)17-11-6-5-8-15(17)14-7-3-4-9-16(14)18/h13-16,18H,3-12H2,1-2H3. The Labute approximate surface area is 118 Å². The summed E-state index contributed by atoms with van der Waals surface area (Å²) in [5.41, 5.74) is 0. The molecule has 3 nitrogen and oxygen atoms in total. The van der Waals surface area contributed by atoms with Crippen LogP contribution in [0.4, 0.5) is 0 Å². The maximum atomic E-state index is 10.3. The number of hydrogen-bond donors (Lipinski definition) is 1. The lowest BCUT2D eigenvalue weighted by Gasteiger charge is -2.46. The summed E-state index contributed by atoms with van der Waals surface area (Å²) < 4.78 is 5.23. The van der Waals surface area contributed by atoms with Gasteiger partial charge in [-0.25, -0.2) is 0 Å². The van der Waals surface area contributed by atoms with E-state index in [2.05, 4.69) is 11.8 Å². The predicted octanol–water partition coefficient (Wildman–Crippen LogP) is 2.82. The summed E-state index contributed by atoms with van der Waals surface area (Å²) in [6, 6.07) is 1.19. The fourth-order valence-corrected chi connectivity index (χ4v) is 4.03. The van der Waals surface area contributed by atoms with Crippen molar-refractivity contribution in [2.45, 2.75) is 76.5 Å². The van der Waals surface area contributed by atoms with E-state index in [-0.39, 0.29) is 6.10 Å². The topological polar surface area (TPSA) is 32.7 Å². The number of likely N-dealkylation sites (tertiary alicyclic amines) is 1. The molecule has 0 aromatic heterocycles. The van der Waals surface area contributed by atoms with Gasteiger partial charge in [0.05, 0.1) is 6.10 Å². The number of ether oxygens (including phenoxy) is 1. The Balaban J connectivity index is 1.98. The van der Waals surface area contributed by atoms with E-state index in [9.17, 15) is 5.11 Å². The van der Waals surface area contributed by atoms with Crippen molar-refractivity contribution in [3.8, 4) is 0 Å². The fraction of sp³-hybridized carbons (Fsp3) is 1.00. The molecule has 2 rings (SSSR count). The summed E-state index contributed by atoms with van der Waals surface area (Å²) in [5.74, 6) is 0.513. The zero-order chi connectivity index (χ0) is 13.7. The number of piperidine rings is 1. The van der Waals surface area contributed by atoms with Crippen molar-refractivity contribution < 1.29 is 9.84 Å². The van der Waals surface area contributed by atoms with Crippen LogP contribution in [0.15, 0.2) is 0 Å². The van der Waals surface area contributed by atoms with Crippen molar-refractivity contribution in [1.82, 2.24) is 4.90 Å². The van der Waals surface area contributed by atoms with Crippen LogP contribution in [0.3, 0.4) is 0 Å². The van der Waals surface area contributed by atoms with Gasteiger partial charge in [0.25, 0.3) is 0 Å². The molecule has 0 aromatic rings. The molecule has 112 valence electrons. The van der Waals surface area contributed by atoms with Gasteiger partial charge in [-0.3, -0.25) is 4.90 Å². The maximum absolute atomic E-state index is 10.3. The van der Waals surface area contributed by atoms with Crippen LogP contribution < -0.4 is 0 Å². The van der Waals surface area contributed by atoms with Crippen molar-refractivity contribution in [3.63, 3.8) is 0 Å². The van der Waals surface area contributed by atoms with Crippen molar-refractivity contribution in [1.29, 1.82) is 0 Å². The van der Waals surface area contributed by atoms with Crippen LogP contribution in [-0.4, -0.2) is 48.5 Å². The Morgan fingerprint density at radius 3 is 2.63 bits per heavy atom. The minimum absolute atomic E-state index is 0.0611. The van der Waals surface area contributed by atoms with Crippen LogP contribution in [0.5, 0.6) is 0 Å². The Bertz CT molecular complexity index is 259. The van der Waals surface area contributed by atoms with E-state index in [1.165, 1.54) is 45.1 Å². The quantitative estimate of drug-likeness (QED) is 0.833. The van der Waals surface area contributed by atoms with Gasteiger partial charge >= 0.3 is 0 Å². The summed E-state index contributed by atoms with van der Waals surface area (Å²) in [6.07, 6.45) is 9.73. The molecule has 0 bridgehead atoms. The molecule has 1 saturated carbocycles. The second-order valence-electron chi connectivity index (χ2n) is 6.45. The van der Waals surface area contributed by atoms with Gasteiger partial charge in [0.2, 0.25) is 0 Å². The highest BCUT2D eigenvalue weighted by molar-refractivity contribution is 4.90. The number of aliphatic hydroxyl groups excluding tert-OH is 1. The molecule has 3 heteroatoms. The van der Waals surface area contributed by atoms with Crippen LogP contribution in [0.1, 0.15) is 58.3 Å². The number of hydrogen-bond acceptors (Lipinski definition) is 3. The number of nitrogens with zero attached hydrogens (tertiary/aromatic N) is 1. The van der Waals surface area contributed by atoms with Crippen LogP contribution in [0.2, 0.25) is 0 Å². The summed E-state index contributed by atoms with van der Waals surface area (Å²) >= 11 is 0. The molecule has 1 saturated heterocycles. The molecule has 4 unspecified atom stereocenters. The second-order valence-corrected chi connectivity index (χ2v) is 6.45. The first-order valence-corrected chi connectivity index (χ1v) is 8.16. The Morgan fingerprint density at radius 1 is 1.16 bits per heavy atom. The molecule has 0 radical (unpaired) electrons. The molecule has 0 amide bonds. The Morgan fingerprint density at radius 2 is 1.89 bits per heavy atom. The van der Waals surface area contributed by atoms with Gasteiger partial charge in [0, 0.05) is 31.7 Å². The van der Waals surface area contributed by atoms with Gasteiger partial charge in [-0.1, -0.05) is 19.3 Å². The van der Waals surface area contributed by atoms with Gasteiger partial charge in [0.15, 0.2) is 0 Å². The van der Waals surface area contributed by atoms with Crippen LogP contribution in [-0.2, 0) is 4.74 Å². The van der Waals surface area contributed by atoms with Crippen molar-refractivity contribution >= 4 is 0 Å². The molecular formula is C16H31NO2. The van der Waals surface area contributed by atoms with Gasteiger partial charge in [-0.05, 0) is 45.6 Å². The molecule has 19 heavy (non-hydrogen) atoms. The normalized spacial score (nSPS) is 35.2.